The highest BCUT2D eigenvalue weighted by Gasteiger charge is 2.39. The number of nitrogens with zero attached hydrogens (tertiary/aromatic N) is 1. The van der Waals surface area contributed by atoms with Crippen molar-refractivity contribution in [2.24, 2.45) is 5.41 Å². The van der Waals surface area contributed by atoms with Crippen molar-refractivity contribution in [3.8, 4) is 11.5 Å². The number of hydrogen-bond acceptors (Lipinski definition) is 3. The van der Waals surface area contributed by atoms with Crippen molar-refractivity contribution in [1.29, 1.82) is 0 Å². The van der Waals surface area contributed by atoms with E-state index in [1.54, 1.807) is 43.0 Å². The lowest BCUT2D eigenvalue weighted by molar-refractivity contribution is -0.147. The molecule has 1 aliphatic rings. The first-order valence-corrected chi connectivity index (χ1v) is 9.40. The molecular weight excluding hydrogens is 340 g/mol. The van der Waals surface area contributed by atoms with Gasteiger partial charge in [0.2, 0.25) is 11.8 Å². The average molecular weight is 366 g/mol. The summed E-state index contributed by atoms with van der Waals surface area (Å²) in [5, 5.41) is 2.85. The van der Waals surface area contributed by atoms with Gasteiger partial charge in [0.15, 0.2) is 0 Å². The number of carbonyl (C=O) groups excluding carboxylic acids is 2. The van der Waals surface area contributed by atoms with Gasteiger partial charge in [0.25, 0.3) is 0 Å². The minimum absolute atomic E-state index is 0.108. The van der Waals surface area contributed by atoms with E-state index in [1.807, 2.05) is 30.3 Å². The first-order chi connectivity index (χ1) is 13.0. The van der Waals surface area contributed by atoms with Gasteiger partial charge < -0.3 is 15.0 Å². The average Bonchev–Trinajstić information content (AvgIpc) is 2.70. The smallest absolute Gasteiger partial charge is 0.239 e. The van der Waals surface area contributed by atoms with Crippen molar-refractivity contribution >= 4 is 17.5 Å². The third-order valence-electron chi connectivity index (χ3n) is 4.84. The van der Waals surface area contributed by atoms with E-state index in [2.05, 4.69) is 5.32 Å². The van der Waals surface area contributed by atoms with Gasteiger partial charge in [-0.2, -0.15) is 0 Å². The minimum Gasteiger partial charge on any atom is -0.457 e. The molecule has 1 aliphatic heterocycles. The summed E-state index contributed by atoms with van der Waals surface area (Å²) in [6.07, 6.45) is 3.16. The van der Waals surface area contributed by atoms with E-state index >= 15 is 0 Å². The zero-order chi connectivity index (χ0) is 19.3. The number of nitrogens with one attached hydrogen (secondary N) is 1. The SMILES string of the molecule is CC(C)(C(=O)Nc1ccc(Oc2ccccc2)cc1)C(=O)N1CCCCC1. The van der Waals surface area contributed by atoms with Crippen LogP contribution in [0.4, 0.5) is 5.69 Å². The summed E-state index contributed by atoms with van der Waals surface area (Å²) in [6, 6.07) is 16.6. The summed E-state index contributed by atoms with van der Waals surface area (Å²) in [5.74, 6) is 1.03. The van der Waals surface area contributed by atoms with E-state index in [0.29, 0.717) is 11.4 Å². The van der Waals surface area contributed by atoms with Crippen LogP contribution in [0, 0.1) is 5.41 Å². The maximum atomic E-state index is 12.8. The van der Waals surface area contributed by atoms with Crippen molar-refractivity contribution < 1.29 is 14.3 Å². The number of rotatable bonds is 5. The molecule has 0 bridgehead atoms. The monoisotopic (exact) mass is 366 g/mol. The van der Waals surface area contributed by atoms with Crippen LogP contribution in [0.1, 0.15) is 33.1 Å². The van der Waals surface area contributed by atoms with Gasteiger partial charge in [-0.1, -0.05) is 18.2 Å². The molecule has 0 radical (unpaired) electrons. The van der Waals surface area contributed by atoms with Crippen molar-refractivity contribution in [2.75, 3.05) is 18.4 Å². The van der Waals surface area contributed by atoms with Gasteiger partial charge in [-0.15, -0.1) is 0 Å². The first-order valence-electron chi connectivity index (χ1n) is 9.40. The van der Waals surface area contributed by atoms with E-state index in [1.165, 1.54) is 0 Å². The molecule has 0 aromatic heterocycles. The second-order valence-corrected chi connectivity index (χ2v) is 7.37. The fourth-order valence-corrected chi connectivity index (χ4v) is 3.11. The molecule has 2 aromatic rings. The predicted octanol–water partition coefficient (Wildman–Crippen LogP) is 4.46. The van der Waals surface area contributed by atoms with Crippen LogP contribution in [-0.2, 0) is 9.59 Å². The van der Waals surface area contributed by atoms with Crippen LogP contribution in [0.25, 0.3) is 0 Å². The Morgan fingerprint density at radius 1 is 0.889 bits per heavy atom. The quantitative estimate of drug-likeness (QED) is 0.795. The standard InChI is InChI=1S/C22H26N2O3/c1-22(2,21(26)24-15-7-4-8-16-24)20(25)23-17-11-13-19(14-12-17)27-18-9-5-3-6-10-18/h3,5-6,9-14H,4,7-8,15-16H2,1-2H3,(H,23,25). The Hall–Kier alpha value is -2.82. The van der Waals surface area contributed by atoms with E-state index in [0.717, 1.165) is 38.1 Å². The van der Waals surface area contributed by atoms with Crippen molar-refractivity contribution in [2.45, 2.75) is 33.1 Å². The highest BCUT2D eigenvalue weighted by Crippen LogP contribution is 2.26. The van der Waals surface area contributed by atoms with Crippen LogP contribution >= 0.6 is 0 Å². The van der Waals surface area contributed by atoms with Crippen LogP contribution in [0.2, 0.25) is 0 Å². The largest absolute Gasteiger partial charge is 0.457 e. The summed E-state index contributed by atoms with van der Waals surface area (Å²) in [4.78, 5) is 27.3. The first kappa shape index (κ1) is 19.0. The Bertz CT molecular complexity index is 779. The number of benzene rings is 2. The number of ether oxygens (including phenoxy) is 1. The Kier molecular flexibility index (Phi) is 5.79. The normalized spacial score (nSPS) is 14.5. The Morgan fingerprint density at radius 3 is 2.11 bits per heavy atom. The molecule has 0 saturated carbocycles. The molecule has 27 heavy (non-hydrogen) atoms. The summed E-state index contributed by atoms with van der Waals surface area (Å²) < 4.78 is 5.75. The molecule has 5 nitrogen and oxygen atoms in total. The molecule has 1 heterocycles. The highest BCUT2D eigenvalue weighted by molar-refractivity contribution is 6.09. The van der Waals surface area contributed by atoms with Gasteiger partial charge in [0.1, 0.15) is 16.9 Å². The topological polar surface area (TPSA) is 58.6 Å². The maximum absolute atomic E-state index is 12.8. The number of likely N-dealkylation sites (tertiary alicyclic amines) is 1. The number of piperidine rings is 1. The van der Waals surface area contributed by atoms with Crippen LogP contribution in [0.5, 0.6) is 11.5 Å². The van der Waals surface area contributed by atoms with E-state index in [9.17, 15) is 9.59 Å². The van der Waals surface area contributed by atoms with Gasteiger partial charge in [-0.3, -0.25) is 9.59 Å². The van der Waals surface area contributed by atoms with E-state index < -0.39 is 5.41 Å². The maximum Gasteiger partial charge on any atom is 0.239 e. The number of amides is 2. The molecule has 142 valence electrons. The van der Waals surface area contributed by atoms with E-state index in [-0.39, 0.29) is 11.8 Å². The lowest BCUT2D eigenvalue weighted by Gasteiger charge is -2.33. The van der Waals surface area contributed by atoms with E-state index in [4.69, 9.17) is 4.74 Å². The lowest BCUT2D eigenvalue weighted by Crippen LogP contribution is -2.48. The van der Waals surface area contributed by atoms with Crippen molar-refractivity contribution in [1.82, 2.24) is 4.90 Å². The summed E-state index contributed by atoms with van der Waals surface area (Å²) in [7, 11) is 0. The highest BCUT2D eigenvalue weighted by atomic mass is 16.5. The number of hydrogen-bond donors (Lipinski definition) is 1. The van der Waals surface area contributed by atoms with Crippen LogP contribution in [-0.4, -0.2) is 29.8 Å². The van der Waals surface area contributed by atoms with Gasteiger partial charge in [0.05, 0.1) is 0 Å². The molecule has 2 aromatic carbocycles. The Morgan fingerprint density at radius 2 is 1.48 bits per heavy atom. The predicted molar refractivity (Wildman–Crippen MR) is 106 cm³/mol. The van der Waals surface area contributed by atoms with Crippen LogP contribution in [0.15, 0.2) is 54.6 Å². The number of carbonyl (C=O) groups is 2. The minimum atomic E-state index is -1.10. The van der Waals surface area contributed by atoms with Gasteiger partial charge in [-0.05, 0) is 69.5 Å². The second kappa shape index (κ2) is 8.25. The van der Waals surface area contributed by atoms with Gasteiger partial charge in [0, 0.05) is 18.8 Å². The van der Waals surface area contributed by atoms with Crippen LogP contribution in [0.3, 0.4) is 0 Å². The third kappa shape index (κ3) is 4.67. The van der Waals surface area contributed by atoms with Gasteiger partial charge in [-0.25, -0.2) is 0 Å². The Balaban J connectivity index is 1.61. The molecule has 0 spiro atoms. The molecular formula is C22H26N2O3. The molecule has 0 unspecified atom stereocenters. The molecule has 1 fully saturated rings. The molecule has 1 saturated heterocycles. The molecule has 3 rings (SSSR count). The lowest BCUT2D eigenvalue weighted by atomic mass is 9.89. The van der Waals surface area contributed by atoms with Crippen molar-refractivity contribution in [3.05, 3.63) is 54.6 Å². The van der Waals surface area contributed by atoms with Crippen LogP contribution < -0.4 is 10.1 Å². The summed E-state index contributed by atoms with van der Waals surface area (Å²) >= 11 is 0. The molecule has 2 amide bonds. The van der Waals surface area contributed by atoms with Gasteiger partial charge >= 0.3 is 0 Å². The molecule has 0 aliphatic carbocycles. The zero-order valence-electron chi connectivity index (χ0n) is 15.9. The molecule has 5 heteroatoms. The summed E-state index contributed by atoms with van der Waals surface area (Å²) in [6.45, 7) is 4.85. The number of anilines is 1. The van der Waals surface area contributed by atoms with Crippen molar-refractivity contribution in [3.63, 3.8) is 0 Å². The Labute approximate surface area is 160 Å². The second-order valence-electron chi connectivity index (χ2n) is 7.37. The third-order valence-corrected chi connectivity index (χ3v) is 4.84. The number of para-hydroxylation sites is 1. The molecule has 1 N–H and O–H groups in total. The molecule has 0 atom stereocenters. The fraction of sp³-hybridized carbons (Fsp3) is 0.364. The zero-order valence-corrected chi connectivity index (χ0v) is 15.9. The fourth-order valence-electron chi connectivity index (χ4n) is 3.11. The summed E-state index contributed by atoms with van der Waals surface area (Å²) in [5.41, 5.74) is -0.462.